The lowest BCUT2D eigenvalue weighted by atomic mass is 10.2. The number of aryl methyl sites for hydroxylation is 1. The molecule has 0 bridgehead atoms. The maximum atomic E-state index is 13.4. The molecule has 0 spiro atoms. The maximum Gasteiger partial charge on any atom is 0.334 e. The molecule has 10 heteroatoms. The van der Waals surface area contributed by atoms with Gasteiger partial charge in [-0.15, -0.1) is 0 Å². The molecular weight excluding hydrogens is 461 g/mol. The van der Waals surface area contributed by atoms with E-state index in [9.17, 15) is 18.0 Å². The maximum absolute atomic E-state index is 13.4. The topological polar surface area (TPSA) is 78.0 Å². The molecule has 1 heterocycles. The zero-order chi connectivity index (χ0) is 22.8. The minimum atomic E-state index is -4.15. The minimum absolute atomic E-state index is 0.0129. The van der Waals surface area contributed by atoms with Gasteiger partial charge < -0.3 is 9.80 Å². The molecule has 1 aliphatic rings. The molecule has 0 saturated carbocycles. The van der Waals surface area contributed by atoms with Crippen molar-refractivity contribution in [1.82, 2.24) is 14.1 Å². The monoisotopic (exact) mass is 483 g/mol. The zero-order valence-electron chi connectivity index (χ0n) is 17.2. The predicted octanol–water partition coefficient (Wildman–Crippen LogP) is 3.78. The van der Waals surface area contributed by atoms with E-state index in [0.29, 0.717) is 23.7 Å². The number of urea groups is 1. The Morgan fingerprint density at radius 1 is 0.968 bits per heavy atom. The molecule has 1 saturated heterocycles. The summed E-state index contributed by atoms with van der Waals surface area (Å²) in [6.45, 7) is 4.26. The number of rotatable bonds is 4. The summed E-state index contributed by atoms with van der Waals surface area (Å²) in [4.78, 5) is 28.0. The van der Waals surface area contributed by atoms with Crippen molar-refractivity contribution < 1.29 is 18.0 Å². The van der Waals surface area contributed by atoms with Crippen molar-refractivity contribution in [3.8, 4) is 0 Å². The highest BCUT2D eigenvalue weighted by Gasteiger charge is 2.34. The van der Waals surface area contributed by atoms with Crippen molar-refractivity contribution >= 4 is 45.2 Å². The zero-order valence-corrected chi connectivity index (χ0v) is 19.5. The Bertz CT molecular complexity index is 1080. The molecule has 0 aromatic heterocycles. The van der Waals surface area contributed by atoms with Gasteiger partial charge in [0.05, 0.1) is 11.4 Å². The number of amides is 3. The third-order valence-corrected chi connectivity index (χ3v) is 7.47. The van der Waals surface area contributed by atoms with Gasteiger partial charge in [-0.3, -0.25) is 4.79 Å². The van der Waals surface area contributed by atoms with Crippen LogP contribution in [0.2, 0.25) is 10.0 Å². The van der Waals surface area contributed by atoms with Crippen molar-refractivity contribution in [2.45, 2.75) is 25.3 Å². The Kier molecular flexibility index (Phi) is 7.13. The first-order chi connectivity index (χ1) is 14.6. The summed E-state index contributed by atoms with van der Waals surface area (Å²) >= 11 is 12.2. The van der Waals surface area contributed by atoms with Crippen molar-refractivity contribution in [3.05, 3.63) is 63.6 Å². The lowest BCUT2D eigenvalue weighted by molar-refractivity contribution is -0.130. The van der Waals surface area contributed by atoms with Gasteiger partial charge in [-0.05, 0) is 36.8 Å². The van der Waals surface area contributed by atoms with Crippen LogP contribution in [0.15, 0.2) is 47.4 Å². The molecule has 7 nitrogen and oxygen atoms in total. The number of halogens is 2. The standard InChI is InChI=1S/C21H23Cl2N3O4S/c1-15-3-7-19(8-4-15)31(29,30)26(14-17-5-6-18(22)13-20(17)23)21(28)25-11-9-24(10-12-25)16(2)27/h3-8,13H,9-12,14H2,1-2H3. The average Bonchev–Trinajstić information content (AvgIpc) is 2.73. The normalized spacial score (nSPS) is 14.5. The van der Waals surface area contributed by atoms with Crippen LogP contribution in [-0.2, 0) is 21.4 Å². The van der Waals surface area contributed by atoms with E-state index in [1.54, 1.807) is 29.2 Å². The number of piperazine rings is 1. The van der Waals surface area contributed by atoms with Crippen molar-refractivity contribution in [2.24, 2.45) is 0 Å². The van der Waals surface area contributed by atoms with Gasteiger partial charge in [-0.1, -0.05) is 47.0 Å². The van der Waals surface area contributed by atoms with Gasteiger partial charge in [0.15, 0.2) is 0 Å². The van der Waals surface area contributed by atoms with E-state index in [4.69, 9.17) is 23.2 Å². The summed E-state index contributed by atoms with van der Waals surface area (Å²) in [5.74, 6) is -0.0795. The molecule has 3 rings (SSSR count). The third kappa shape index (κ3) is 5.31. The van der Waals surface area contributed by atoms with E-state index in [-0.39, 0.29) is 35.5 Å². The highest BCUT2D eigenvalue weighted by Crippen LogP contribution is 2.26. The Balaban J connectivity index is 1.95. The Morgan fingerprint density at radius 3 is 2.10 bits per heavy atom. The van der Waals surface area contributed by atoms with Gasteiger partial charge in [-0.2, -0.15) is 0 Å². The molecule has 0 unspecified atom stereocenters. The first kappa shape index (κ1) is 23.4. The van der Waals surface area contributed by atoms with E-state index in [1.807, 2.05) is 6.92 Å². The van der Waals surface area contributed by atoms with Gasteiger partial charge in [0.25, 0.3) is 10.0 Å². The molecule has 166 valence electrons. The number of carbonyl (C=O) groups is 2. The Hall–Kier alpha value is -2.29. The summed E-state index contributed by atoms with van der Waals surface area (Å²) in [5.41, 5.74) is 1.36. The fraction of sp³-hybridized carbons (Fsp3) is 0.333. The number of carbonyl (C=O) groups excluding carboxylic acids is 2. The fourth-order valence-corrected chi connectivity index (χ4v) is 5.10. The second kappa shape index (κ2) is 9.46. The van der Waals surface area contributed by atoms with Crippen molar-refractivity contribution in [2.75, 3.05) is 26.2 Å². The Labute approximate surface area is 192 Å². The van der Waals surface area contributed by atoms with E-state index < -0.39 is 16.1 Å². The lowest BCUT2D eigenvalue weighted by Crippen LogP contribution is -2.54. The van der Waals surface area contributed by atoms with E-state index in [2.05, 4.69) is 0 Å². The number of sulfonamides is 1. The second-order valence-corrected chi connectivity index (χ2v) is 10.0. The molecule has 3 amide bonds. The SMILES string of the molecule is CC(=O)N1CCN(C(=O)N(Cc2ccc(Cl)cc2Cl)S(=O)(=O)c2ccc(C)cc2)CC1. The van der Waals surface area contributed by atoms with Gasteiger partial charge in [0, 0.05) is 43.1 Å². The van der Waals surface area contributed by atoms with E-state index >= 15 is 0 Å². The molecule has 0 atom stereocenters. The quantitative estimate of drug-likeness (QED) is 0.662. The van der Waals surface area contributed by atoms with Crippen molar-refractivity contribution in [1.29, 1.82) is 0 Å². The lowest BCUT2D eigenvalue weighted by Gasteiger charge is -2.37. The second-order valence-electron chi connectivity index (χ2n) is 7.34. The number of nitrogens with zero attached hydrogens (tertiary/aromatic N) is 3. The first-order valence-corrected chi connectivity index (χ1v) is 11.9. The molecule has 0 radical (unpaired) electrons. The minimum Gasteiger partial charge on any atom is -0.339 e. The molecular formula is C21H23Cl2N3O4S. The summed E-state index contributed by atoms with van der Waals surface area (Å²) < 4.78 is 27.7. The predicted molar refractivity (Wildman–Crippen MR) is 120 cm³/mol. The summed E-state index contributed by atoms with van der Waals surface area (Å²) in [6.07, 6.45) is 0. The molecule has 0 N–H and O–H groups in total. The van der Waals surface area contributed by atoms with E-state index in [1.165, 1.54) is 30.0 Å². The number of benzene rings is 2. The van der Waals surface area contributed by atoms with Gasteiger partial charge in [-0.25, -0.2) is 17.5 Å². The molecule has 1 fully saturated rings. The van der Waals surface area contributed by atoms with Gasteiger partial charge in [0.1, 0.15) is 0 Å². The summed E-state index contributed by atoms with van der Waals surface area (Å²) in [7, 11) is -4.15. The highest BCUT2D eigenvalue weighted by molar-refractivity contribution is 7.89. The molecule has 1 aliphatic heterocycles. The Morgan fingerprint density at radius 2 is 1.55 bits per heavy atom. The van der Waals surface area contributed by atoms with Gasteiger partial charge in [0.2, 0.25) is 5.91 Å². The van der Waals surface area contributed by atoms with Crippen LogP contribution in [0.3, 0.4) is 0 Å². The van der Waals surface area contributed by atoms with Crippen LogP contribution in [-0.4, -0.2) is 60.6 Å². The number of hydrogen-bond acceptors (Lipinski definition) is 4. The molecule has 0 aliphatic carbocycles. The first-order valence-electron chi connectivity index (χ1n) is 9.67. The third-order valence-electron chi connectivity index (χ3n) is 5.15. The van der Waals surface area contributed by atoms with Crippen LogP contribution >= 0.6 is 23.2 Å². The molecule has 2 aromatic carbocycles. The number of hydrogen-bond donors (Lipinski definition) is 0. The van der Waals surface area contributed by atoms with Gasteiger partial charge >= 0.3 is 6.03 Å². The van der Waals surface area contributed by atoms with Crippen LogP contribution in [0.5, 0.6) is 0 Å². The summed E-state index contributed by atoms with van der Waals surface area (Å²) in [6, 6.07) is 10.3. The van der Waals surface area contributed by atoms with Crippen LogP contribution in [0.25, 0.3) is 0 Å². The average molecular weight is 484 g/mol. The molecule has 31 heavy (non-hydrogen) atoms. The van der Waals surface area contributed by atoms with Crippen LogP contribution in [0.4, 0.5) is 4.79 Å². The van der Waals surface area contributed by atoms with Crippen LogP contribution in [0.1, 0.15) is 18.1 Å². The summed E-state index contributed by atoms with van der Waals surface area (Å²) in [5, 5.41) is 0.680. The van der Waals surface area contributed by atoms with Crippen LogP contribution in [0, 0.1) is 6.92 Å². The highest BCUT2D eigenvalue weighted by atomic mass is 35.5. The molecule has 2 aromatic rings. The van der Waals surface area contributed by atoms with E-state index in [0.717, 1.165) is 9.87 Å². The fourth-order valence-electron chi connectivity index (χ4n) is 3.27. The van der Waals surface area contributed by atoms with Crippen molar-refractivity contribution in [3.63, 3.8) is 0 Å². The smallest absolute Gasteiger partial charge is 0.334 e. The largest absolute Gasteiger partial charge is 0.339 e. The van der Waals surface area contributed by atoms with Crippen LogP contribution < -0.4 is 0 Å².